The molecule has 0 radical (unpaired) electrons. The van der Waals surface area contributed by atoms with Gasteiger partial charge in [-0.05, 0) is 59.5 Å². The minimum Gasteiger partial charge on any atom is -0.383 e. The van der Waals surface area contributed by atoms with Crippen molar-refractivity contribution in [1.29, 1.82) is 0 Å². The van der Waals surface area contributed by atoms with Gasteiger partial charge in [0.15, 0.2) is 5.82 Å². The first-order valence-corrected chi connectivity index (χ1v) is 10.2. The summed E-state index contributed by atoms with van der Waals surface area (Å²) < 4.78 is 6.85. The molecule has 1 atom stereocenters. The van der Waals surface area contributed by atoms with Gasteiger partial charge < -0.3 is 10.1 Å². The predicted octanol–water partition coefficient (Wildman–Crippen LogP) is 3.60. The van der Waals surface area contributed by atoms with Crippen LogP contribution in [0.5, 0.6) is 0 Å². The summed E-state index contributed by atoms with van der Waals surface area (Å²) in [4.78, 5) is 12.9. The molecule has 158 valence electrons. The summed E-state index contributed by atoms with van der Waals surface area (Å²) in [6, 6.07) is 13.9. The van der Waals surface area contributed by atoms with E-state index in [9.17, 15) is 4.79 Å². The van der Waals surface area contributed by atoms with Crippen LogP contribution in [0.25, 0.3) is 16.8 Å². The van der Waals surface area contributed by atoms with Gasteiger partial charge in [-0.2, -0.15) is 4.68 Å². The third-order valence-electron chi connectivity index (χ3n) is 4.73. The molecule has 1 N–H and O–H groups in total. The molecule has 30 heavy (non-hydrogen) atoms. The number of methoxy groups -OCH3 is 1. The Balaban J connectivity index is 2.06. The number of aryl methyl sites for hydroxylation is 1. The highest BCUT2D eigenvalue weighted by Gasteiger charge is 2.16. The molecule has 3 aromatic rings. The average Bonchev–Trinajstić information content (AvgIpc) is 3.15. The Hall–Kier alpha value is -3.06. The molecule has 0 fully saturated rings. The smallest absolute Gasteiger partial charge is 0.251 e. The monoisotopic (exact) mass is 407 g/mol. The first kappa shape index (κ1) is 21.6. The number of rotatable bonds is 8. The molecule has 7 nitrogen and oxygen atoms in total. The number of carbonyl (C=O) groups is 1. The van der Waals surface area contributed by atoms with Gasteiger partial charge in [-0.25, -0.2) is 0 Å². The van der Waals surface area contributed by atoms with Crippen LogP contribution >= 0.6 is 0 Å². The van der Waals surface area contributed by atoms with Crippen molar-refractivity contribution in [2.45, 2.75) is 40.2 Å². The topological polar surface area (TPSA) is 81.9 Å². The number of aromatic nitrogens is 4. The van der Waals surface area contributed by atoms with Crippen molar-refractivity contribution in [2.24, 2.45) is 5.92 Å². The number of benzene rings is 2. The van der Waals surface area contributed by atoms with Gasteiger partial charge in [-0.1, -0.05) is 43.7 Å². The summed E-state index contributed by atoms with van der Waals surface area (Å²) in [7, 11) is 1.62. The lowest BCUT2D eigenvalue weighted by molar-refractivity contribution is 0.0905. The lowest BCUT2D eigenvalue weighted by atomic mass is 10.0. The first-order valence-electron chi connectivity index (χ1n) is 10.2. The zero-order chi connectivity index (χ0) is 21.7. The zero-order valence-corrected chi connectivity index (χ0v) is 18.2. The molecule has 2 aromatic carbocycles. The van der Waals surface area contributed by atoms with Gasteiger partial charge in [0.25, 0.3) is 5.91 Å². The van der Waals surface area contributed by atoms with E-state index in [0.29, 0.717) is 18.1 Å². The SMILES string of the molecule is COCC(C)NC(=O)c1cc(-c2ccc(C)cc2)cc(-n2nnnc2CC(C)C)c1. The van der Waals surface area contributed by atoms with Crippen molar-refractivity contribution in [1.82, 2.24) is 25.5 Å². The van der Waals surface area contributed by atoms with Crippen LogP contribution in [-0.4, -0.2) is 45.9 Å². The van der Waals surface area contributed by atoms with E-state index in [1.807, 2.05) is 25.1 Å². The van der Waals surface area contributed by atoms with E-state index in [1.165, 1.54) is 5.56 Å². The molecule has 0 aliphatic carbocycles. The Morgan fingerprint density at radius 1 is 1.10 bits per heavy atom. The molecule has 1 heterocycles. The molecule has 0 saturated carbocycles. The molecule has 0 bridgehead atoms. The lowest BCUT2D eigenvalue weighted by Gasteiger charge is -2.15. The van der Waals surface area contributed by atoms with E-state index in [0.717, 1.165) is 29.1 Å². The van der Waals surface area contributed by atoms with Gasteiger partial charge in [0.1, 0.15) is 0 Å². The fourth-order valence-electron chi connectivity index (χ4n) is 3.27. The summed E-state index contributed by atoms with van der Waals surface area (Å²) in [5, 5.41) is 15.2. The highest BCUT2D eigenvalue weighted by Crippen LogP contribution is 2.25. The molecule has 0 aliphatic rings. The van der Waals surface area contributed by atoms with Crippen molar-refractivity contribution < 1.29 is 9.53 Å². The third kappa shape index (κ3) is 5.30. The van der Waals surface area contributed by atoms with Gasteiger partial charge in [0, 0.05) is 25.1 Å². The van der Waals surface area contributed by atoms with Crippen LogP contribution in [0.3, 0.4) is 0 Å². The quantitative estimate of drug-likeness (QED) is 0.617. The Labute approximate surface area is 177 Å². The van der Waals surface area contributed by atoms with Gasteiger partial charge in [-0.15, -0.1) is 5.10 Å². The maximum atomic E-state index is 12.9. The first-order chi connectivity index (χ1) is 14.4. The molecule has 0 spiro atoms. The number of nitrogens with one attached hydrogen (secondary N) is 1. The van der Waals surface area contributed by atoms with Crippen molar-refractivity contribution in [2.75, 3.05) is 13.7 Å². The lowest BCUT2D eigenvalue weighted by Crippen LogP contribution is -2.35. The van der Waals surface area contributed by atoms with Gasteiger partial charge in [-0.3, -0.25) is 4.79 Å². The summed E-state index contributed by atoms with van der Waals surface area (Å²) in [5.74, 6) is 1.02. The van der Waals surface area contributed by atoms with E-state index in [-0.39, 0.29) is 11.9 Å². The second kappa shape index (κ2) is 9.63. The summed E-state index contributed by atoms with van der Waals surface area (Å²) in [6.07, 6.45) is 0.744. The Bertz CT molecular complexity index is 995. The van der Waals surface area contributed by atoms with E-state index < -0.39 is 0 Å². The molecule has 1 unspecified atom stereocenters. The van der Waals surface area contributed by atoms with Crippen LogP contribution in [0.4, 0.5) is 0 Å². The number of hydrogen-bond donors (Lipinski definition) is 1. The Morgan fingerprint density at radius 3 is 2.50 bits per heavy atom. The maximum absolute atomic E-state index is 12.9. The number of ether oxygens (including phenoxy) is 1. The number of amides is 1. The van der Waals surface area contributed by atoms with Crippen LogP contribution in [0, 0.1) is 12.8 Å². The van der Waals surface area contributed by atoms with E-state index >= 15 is 0 Å². The summed E-state index contributed by atoms with van der Waals surface area (Å²) >= 11 is 0. The molecular formula is C23H29N5O2. The van der Waals surface area contributed by atoms with Gasteiger partial charge >= 0.3 is 0 Å². The molecule has 3 rings (SSSR count). The Morgan fingerprint density at radius 2 is 1.83 bits per heavy atom. The van der Waals surface area contributed by atoms with Crippen molar-refractivity contribution in [3.63, 3.8) is 0 Å². The van der Waals surface area contributed by atoms with Crippen molar-refractivity contribution in [3.05, 3.63) is 59.4 Å². The second-order valence-electron chi connectivity index (χ2n) is 8.07. The summed E-state index contributed by atoms with van der Waals surface area (Å²) in [5.41, 5.74) is 4.46. The molecule has 1 amide bonds. The van der Waals surface area contributed by atoms with Crippen LogP contribution in [0.2, 0.25) is 0 Å². The molecule has 0 aliphatic heterocycles. The fourth-order valence-corrected chi connectivity index (χ4v) is 3.27. The zero-order valence-electron chi connectivity index (χ0n) is 18.2. The molecule has 7 heteroatoms. The largest absolute Gasteiger partial charge is 0.383 e. The highest BCUT2D eigenvalue weighted by molar-refractivity contribution is 5.96. The number of nitrogens with zero attached hydrogens (tertiary/aromatic N) is 4. The van der Waals surface area contributed by atoms with E-state index in [2.05, 4.69) is 65.9 Å². The van der Waals surface area contributed by atoms with E-state index in [1.54, 1.807) is 11.8 Å². The minimum atomic E-state index is -0.159. The number of hydrogen-bond acceptors (Lipinski definition) is 5. The number of carbonyl (C=O) groups excluding carboxylic acids is 1. The maximum Gasteiger partial charge on any atom is 0.251 e. The fraction of sp³-hybridized carbons (Fsp3) is 0.391. The standard InChI is InChI=1S/C23H29N5O2/c1-15(2)10-22-25-26-27-28(22)21-12-19(18-8-6-16(3)7-9-18)11-20(13-21)23(29)24-17(4)14-30-5/h6-9,11-13,15,17H,10,14H2,1-5H3,(H,24,29). The minimum absolute atomic E-state index is 0.0986. The van der Waals surface area contributed by atoms with E-state index in [4.69, 9.17) is 4.74 Å². The highest BCUT2D eigenvalue weighted by atomic mass is 16.5. The van der Waals surface area contributed by atoms with Crippen LogP contribution in [0.1, 0.15) is 42.5 Å². The summed E-state index contributed by atoms with van der Waals surface area (Å²) in [6.45, 7) is 8.65. The number of tetrazole rings is 1. The van der Waals surface area contributed by atoms with Gasteiger partial charge in [0.05, 0.1) is 12.3 Å². The molecule has 0 saturated heterocycles. The molecular weight excluding hydrogens is 378 g/mol. The normalized spacial score (nSPS) is 12.2. The van der Waals surface area contributed by atoms with Crippen LogP contribution in [-0.2, 0) is 11.2 Å². The third-order valence-corrected chi connectivity index (χ3v) is 4.73. The molecule has 1 aromatic heterocycles. The van der Waals surface area contributed by atoms with Crippen molar-refractivity contribution >= 4 is 5.91 Å². The van der Waals surface area contributed by atoms with Crippen LogP contribution < -0.4 is 5.32 Å². The van der Waals surface area contributed by atoms with Crippen LogP contribution in [0.15, 0.2) is 42.5 Å². The van der Waals surface area contributed by atoms with Crippen molar-refractivity contribution in [3.8, 4) is 16.8 Å². The van der Waals surface area contributed by atoms with Gasteiger partial charge in [0.2, 0.25) is 0 Å². The average molecular weight is 408 g/mol. The Kier molecular flexibility index (Phi) is 6.95. The predicted molar refractivity (Wildman–Crippen MR) is 117 cm³/mol. The second-order valence-corrected chi connectivity index (χ2v) is 8.07.